The van der Waals surface area contributed by atoms with E-state index in [4.69, 9.17) is 14.5 Å². The van der Waals surface area contributed by atoms with Crippen molar-refractivity contribution < 1.29 is 9.47 Å². The van der Waals surface area contributed by atoms with Gasteiger partial charge in [-0.1, -0.05) is 0 Å². The summed E-state index contributed by atoms with van der Waals surface area (Å²) < 4.78 is 11.0. The van der Waals surface area contributed by atoms with Gasteiger partial charge in [0.2, 0.25) is 0 Å². The van der Waals surface area contributed by atoms with Crippen molar-refractivity contribution in [3.63, 3.8) is 0 Å². The van der Waals surface area contributed by atoms with E-state index in [-0.39, 0.29) is 0 Å². The average Bonchev–Trinajstić information content (AvgIpc) is 3.66. The Hall–Kier alpha value is -3.67. The number of pyridine rings is 1. The molecule has 6 nitrogen and oxygen atoms in total. The Bertz CT molecular complexity index is 1190. The Morgan fingerprint density at radius 1 is 0.871 bits per heavy atom. The first kappa shape index (κ1) is 19.3. The quantitative estimate of drug-likeness (QED) is 0.413. The molecule has 2 aromatic carbocycles. The maximum Gasteiger partial charge on any atom is 0.124 e. The summed E-state index contributed by atoms with van der Waals surface area (Å²) in [5.74, 6) is 2.24. The molecule has 1 aliphatic rings. The van der Waals surface area contributed by atoms with Crippen LogP contribution in [-0.4, -0.2) is 35.7 Å². The summed E-state index contributed by atoms with van der Waals surface area (Å²) in [6.45, 7) is 0.944. The van der Waals surface area contributed by atoms with Gasteiger partial charge >= 0.3 is 0 Å². The minimum Gasteiger partial charge on any atom is -0.497 e. The number of nitrogens with zero attached hydrogens (tertiary/aromatic N) is 4. The van der Waals surface area contributed by atoms with Crippen molar-refractivity contribution in [3.8, 4) is 22.8 Å². The van der Waals surface area contributed by atoms with Gasteiger partial charge in [-0.2, -0.15) is 0 Å². The highest BCUT2D eigenvalue weighted by Gasteiger charge is 2.26. The molecule has 0 aliphatic heterocycles. The van der Waals surface area contributed by atoms with Crippen LogP contribution in [0.3, 0.4) is 0 Å². The lowest BCUT2D eigenvalue weighted by atomic mass is 10.1. The predicted octanol–water partition coefficient (Wildman–Crippen LogP) is 5.26. The summed E-state index contributed by atoms with van der Waals surface area (Å²) in [6.07, 6.45) is 7.87. The number of anilines is 2. The zero-order valence-electron chi connectivity index (χ0n) is 17.7. The van der Waals surface area contributed by atoms with E-state index in [0.29, 0.717) is 5.92 Å². The Balaban J connectivity index is 1.58. The normalized spacial score (nSPS) is 13.2. The van der Waals surface area contributed by atoms with Crippen molar-refractivity contribution in [2.75, 3.05) is 25.7 Å². The molecular formula is C25H24N4O2. The summed E-state index contributed by atoms with van der Waals surface area (Å²) in [5.41, 5.74) is 5.70. The molecule has 0 N–H and O–H groups in total. The van der Waals surface area contributed by atoms with E-state index in [9.17, 15) is 0 Å². The van der Waals surface area contributed by atoms with Gasteiger partial charge in [0.1, 0.15) is 11.5 Å². The Kier molecular flexibility index (Phi) is 5.12. The van der Waals surface area contributed by atoms with E-state index in [1.165, 1.54) is 12.8 Å². The molecule has 1 fully saturated rings. The lowest BCUT2D eigenvalue weighted by molar-refractivity contribution is 0.394. The summed E-state index contributed by atoms with van der Waals surface area (Å²) in [5, 5.41) is 0. The molecule has 2 aromatic heterocycles. The molecule has 0 radical (unpaired) electrons. The molecule has 2 heterocycles. The minimum absolute atomic E-state index is 0.696. The molecule has 4 aromatic rings. The molecule has 0 amide bonds. The van der Waals surface area contributed by atoms with Gasteiger partial charge < -0.3 is 14.4 Å². The van der Waals surface area contributed by atoms with Gasteiger partial charge in [-0.15, -0.1) is 0 Å². The molecule has 1 saturated carbocycles. The largest absolute Gasteiger partial charge is 0.497 e. The van der Waals surface area contributed by atoms with Crippen LogP contribution in [0.15, 0.2) is 67.1 Å². The van der Waals surface area contributed by atoms with Crippen molar-refractivity contribution in [2.24, 2.45) is 5.92 Å². The van der Waals surface area contributed by atoms with Gasteiger partial charge in [0.25, 0.3) is 0 Å². The van der Waals surface area contributed by atoms with E-state index in [0.717, 1.165) is 51.7 Å². The van der Waals surface area contributed by atoms with E-state index in [1.807, 2.05) is 42.6 Å². The van der Waals surface area contributed by atoms with Crippen molar-refractivity contribution in [2.45, 2.75) is 12.8 Å². The van der Waals surface area contributed by atoms with Crippen LogP contribution in [0.1, 0.15) is 12.8 Å². The Morgan fingerprint density at radius 3 is 2.29 bits per heavy atom. The zero-order chi connectivity index (χ0) is 21.2. The van der Waals surface area contributed by atoms with Crippen LogP contribution in [0, 0.1) is 5.92 Å². The highest BCUT2D eigenvalue weighted by molar-refractivity contribution is 5.82. The Morgan fingerprint density at radius 2 is 1.61 bits per heavy atom. The highest BCUT2D eigenvalue weighted by Crippen LogP contribution is 2.38. The molecule has 0 saturated heterocycles. The van der Waals surface area contributed by atoms with Gasteiger partial charge in [-0.25, -0.2) is 4.98 Å². The second kappa shape index (κ2) is 8.22. The number of rotatable bonds is 7. The number of hydrogen-bond donors (Lipinski definition) is 0. The van der Waals surface area contributed by atoms with Crippen molar-refractivity contribution in [3.05, 3.63) is 67.1 Å². The summed E-state index contributed by atoms with van der Waals surface area (Å²) in [4.78, 5) is 15.9. The SMILES string of the molecule is COc1cc(OC)cc(N(CC2CC2)c2ccc3ncc(-c4ccncc4)nc3c2)c1. The third kappa shape index (κ3) is 4.14. The lowest BCUT2D eigenvalue weighted by Gasteiger charge is -2.26. The first-order valence-electron chi connectivity index (χ1n) is 10.4. The molecule has 0 spiro atoms. The number of ether oxygens (including phenoxy) is 2. The fraction of sp³-hybridized carbons (Fsp3) is 0.240. The van der Waals surface area contributed by atoms with E-state index < -0.39 is 0 Å². The molecule has 31 heavy (non-hydrogen) atoms. The lowest BCUT2D eigenvalue weighted by Crippen LogP contribution is -2.20. The minimum atomic E-state index is 0.696. The molecule has 5 rings (SSSR count). The third-order valence-corrected chi connectivity index (χ3v) is 5.60. The van der Waals surface area contributed by atoms with Crippen molar-refractivity contribution in [1.82, 2.24) is 15.0 Å². The molecule has 0 unspecified atom stereocenters. The van der Waals surface area contributed by atoms with Crippen LogP contribution in [0.25, 0.3) is 22.3 Å². The summed E-state index contributed by atoms with van der Waals surface area (Å²) in [7, 11) is 3.35. The number of aromatic nitrogens is 3. The van der Waals surface area contributed by atoms with Gasteiger partial charge in [-0.3, -0.25) is 9.97 Å². The first-order chi connectivity index (χ1) is 15.2. The van der Waals surface area contributed by atoms with E-state index >= 15 is 0 Å². The van der Waals surface area contributed by atoms with E-state index in [2.05, 4.69) is 27.0 Å². The van der Waals surface area contributed by atoms with Crippen LogP contribution < -0.4 is 14.4 Å². The molecule has 6 heteroatoms. The molecule has 0 atom stereocenters. The fourth-order valence-electron chi connectivity index (χ4n) is 3.70. The molecule has 0 bridgehead atoms. The number of fused-ring (bicyclic) bond motifs is 1. The van der Waals surface area contributed by atoms with E-state index in [1.54, 1.807) is 26.6 Å². The molecule has 156 valence electrons. The highest BCUT2D eigenvalue weighted by atomic mass is 16.5. The second-order valence-corrected chi connectivity index (χ2v) is 7.79. The first-order valence-corrected chi connectivity index (χ1v) is 10.4. The third-order valence-electron chi connectivity index (χ3n) is 5.60. The van der Waals surface area contributed by atoms with Crippen LogP contribution in [-0.2, 0) is 0 Å². The average molecular weight is 412 g/mol. The van der Waals surface area contributed by atoms with Crippen molar-refractivity contribution >= 4 is 22.4 Å². The Labute approximate surface area is 181 Å². The van der Waals surface area contributed by atoms with Gasteiger partial charge in [0, 0.05) is 54.1 Å². The molecule has 1 aliphatic carbocycles. The molecular weight excluding hydrogens is 388 g/mol. The van der Waals surface area contributed by atoms with Gasteiger partial charge in [0.15, 0.2) is 0 Å². The van der Waals surface area contributed by atoms with Gasteiger partial charge in [-0.05, 0) is 49.1 Å². The smallest absolute Gasteiger partial charge is 0.124 e. The maximum absolute atomic E-state index is 5.50. The van der Waals surface area contributed by atoms with Crippen LogP contribution in [0.5, 0.6) is 11.5 Å². The van der Waals surface area contributed by atoms with Gasteiger partial charge in [0.05, 0.1) is 37.1 Å². The zero-order valence-corrected chi connectivity index (χ0v) is 17.7. The second-order valence-electron chi connectivity index (χ2n) is 7.79. The summed E-state index contributed by atoms with van der Waals surface area (Å²) in [6, 6.07) is 16.1. The number of hydrogen-bond acceptors (Lipinski definition) is 6. The van der Waals surface area contributed by atoms with Crippen LogP contribution >= 0.6 is 0 Å². The number of benzene rings is 2. The standard InChI is InChI=1S/C25H24N4O2/c1-30-21-11-20(12-22(14-21)31-2)29(16-17-3-4-17)19-5-6-23-24(13-19)28-25(15-27-23)18-7-9-26-10-8-18/h5-15,17H,3-4,16H2,1-2H3. The predicted molar refractivity (Wildman–Crippen MR) is 122 cm³/mol. The van der Waals surface area contributed by atoms with Crippen LogP contribution in [0.2, 0.25) is 0 Å². The van der Waals surface area contributed by atoms with Crippen molar-refractivity contribution in [1.29, 1.82) is 0 Å². The maximum atomic E-state index is 5.50. The number of methoxy groups -OCH3 is 2. The monoisotopic (exact) mass is 412 g/mol. The summed E-state index contributed by atoms with van der Waals surface area (Å²) >= 11 is 0. The topological polar surface area (TPSA) is 60.4 Å². The van der Waals surface area contributed by atoms with Crippen LogP contribution in [0.4, 0.5) is 11.4 Å². The fourth-order valence-corrected chi connectivity index (χ4v) is 3.70.